The number of aromatic nitrogens is 2. The van der Waals surface area contributed by atoms with Crippen LogP contribution in [0.3, 0.4) is 0 Å². The summed E-state index contributed by atoms with van der Waals surface area (Å²) in [6, 6.07) is 0. The monoisotopic (exact) mass is 234 g/mol. The second kappa shape index (κ2) is 2.84. The van der Waals surface area contributed by atoms with Crippen molar-refractivity contribution in [1.29, 1.82) is 0 Å². The van der Waals surface area contributed by atoms with Gasteiger partial charge in [-0.15, -0.1) is 8.42 Å². The van der Waals surface area contributed by atoms with E-state index in [9.17, 15) is 8.42 Å². The van der Waals surface area contributed by atoms with Gasteiger partial charge in [-0.3, -0.25) is 0 Å². The van der Waals surface area contributed by atoms with Gasteiger partial charge in [0.2, 0.25) is 0 Å². The summed E-state index contributed by atoms with van der Waals surface area (Å²) in [4.78, 5) is 0.782. The van der Waals surface area contributed by atoms with Crippen LogP contribution in [0.5, 0.6) is 5.88 Å². The van der Waals surface area contributed by atoms with Crippen LogP contribution in [0.25, 0.3) is 0 Å². The van der Waals surface area contributed by atoms with E-state index in [1.807, 2.05) is 0 Å². The lowest BCUT2D eigenvalue weighted by atomic mass is 9.96. The number of hydrogen-bond acceptors (Lipinski definition) is 7. The van der Waals surface area contributed by atoms with Crippen molar-refractivity contribution in [2.24, 2.45) is 11.5 Å². The predicted molar refractivity (Wildman–Crippen MR) is 48.9 cm³/mol. The number of nitrogens with zero attached hydrogens (tertiary/aromatic N) is 2. The predicted octanol–water partition coefficient (Wildman–Crippen LogP) is -1.92. The van der Waals surface area contributed by atoms with Crippen LogP contribution in [0.15, 0.2) is 6.20 Å². The molecule has 0 fully saturated rings. The molecule has 84 valence electrons. The highest BCUT2D eigenvalue weighted by atomic mass is 32.3. The summed E-state index contributed by atoms with van der Waals surface area (Å²) in [5.74, 6) is -0.100. The summed E-state index contributed by atoms with van der Waals surface area (Å²) < 4.78 is 30.9. The van der Waals surface area contributed by atoms with E-state index in [-0.39, 0.29) is 12.4 Å². The van der Waals surface area contributed by atoms with Crippen molar-refractivity contribution in [2.75, 3.05) is 6.54 Å². The Kier molecular flexibility index (Phi) is 1.93. The Hall–Kier alpha value is -1.32. The van der Waals surface area contributed by atoms with Gasteiger partial charge in [-0.05, 0) is 6.92 Å². The van der Waals surface area contributed by atoms with Crippen LogP contribution in [0.2, 0.25) is 0 Å². The molecule has 1 aliphatic rings. The van der Waals surface area contributed by atoms with Crippen molar-refractivity contribution in [2.45, 2.75) is 12.5 Å². The summed E-state index contributed by atoms with van der Waals surface area (Å²) in [5.41, 5.74) is 10.7. The molecule has 15 heavy (non-hydrogen) atoms. The highest BCUT2D eigenvalue weighted by Crippen LogP contribution is 2.29. The Balaban J connectivity index is 2.50. The summed E-state index contributed by atoms with van der Waals surface area (Å²) in [5, 5.41) is 3.68. The smallest absolute Gasteiger partial charge is 0.329 e. The van der Waals surface area contributed by atoms with Crippen molar-refractivity contribution in [3.05, 3.63) is 11.8 Å². The fourth-order valence-electron chi connectivity index (χ4n) is 1.14. The van der Waals surface area contributed by atoms with Gasteiger partial charge in [0, 0.05) is 6.54 Å². The molecular formula is C6H10N4O4S. The maximum atomic E-state index is 11.0. The third-order valence-corrected chi connectivity index (χ3v) is 2.74. The maximum absolute atomic E-state index is 11.0. The minimum atomic E-state index is -4.07. The van der Waals surface area contributed by atoms with Crippen LogP contribution in [-0.4, -0.2) is 24.9 Å². The molecule has 2 rings (SSSR count). The highest BCUT2D eigenvalue weighted by molar-refractivity contribution is 7.82. The van der Waals surface area contributed by atoms with Gasteiger partial charge in [0.25, 0.3) is 5.88 Å². The Bertz CT molecular complexity index is 491. The molecule has 0 spiro atoms. The normalized spacial score (nSPS) is 21.3. The number of fused-ring (bicyclic) bond motifs is 2. The molecule has 4 N–H and O–H groups in total. The molecule has 1 aliphatic heterocycles. The molecule has 0 aliphatic carbocycles. The van der Waals surface area contributed by atoms with E-state index in [0.29, 0.717) is 5.56 Å². The second-order valence-electron chi connectivity index (χ2n) is 3.44. The number of nitrogens with two attached hydrogens (primary N) is 2. The lowest BCUT2D eigenvalue weighted by Gasteiger charge is -2.20. The van der Waals surface area contributed by atoms with Crippen molar-refractivity contribution in [3.8, 4) is 5.88 Å². The molecular weight excluding hydrogens is 224 g/mol. The van der Waals surface area contributed by atoms with E-state index in [0.717, 1.165) is 4.85 Å². The van der Waals surface area contributed by atoms with E-state index in [1.54, 1.807) is 6.92 Å². The van der Waals surface area contributed by atoms with Crippen molar-refractivity contribution in [3.63, 3.8) is 0 Å². The first-order valence-electron chi connectivity index (χ1n) is 4.07. The van der Waals surface area contributed by atoms with Crippen LogP contribution < -0.4 is 19.9 Å². The van der Waals surface area contributed by atoms with Crippen LogP contribution in [-0.2, 0) is 15.9 Å². The Morgan fingerprint density at radius 2 is 2.33 bits per heavy atom. The lowest BCUT2D eigenvalue weighted by Crippen LogP contribution is -2.40. The van der Waals surface area contributed by atoms with Gasteiger partial charge >= 0.3 is 10.4 Å². The fourth-order valence-corrected chi connectivity index (χ4v) is 1.76. The average Bonchev–Trinajstić information content (AvgIpc) is 2.41. The molecule has 0 radical (unpaired) electrons. The van der Waals surface area contributed by atoms with E-state index in [4.69, 9.17) is 11.5 Å². The van der Waals surface area contributed by atoms with Crippen molar-refractivity contribution < 1.29 is 16.9 Å². The van der Waals surface area contributed by atoms with Gasteiger partial charge in [0.05, 0.1) is 17.3 Å². The molecule has 0 saturated heterocycles. The molecule has 0 saturated carbocycles. The largest absolute Gasteiger partial charge is 0.523 e. The molecule has 1 atom stereocenters. The first-order chi connectivity index (χ1) is 6.84. The topological polar surface area (TPSA) is 122 Å². The Labute approximate surface area is 86.0 Å². The molecule has 1 unspecified atom stereocenters. The first-order valence-corrected chi connectivity index (χ1v) is 5.41. The Morgan fingerprint density at radius 3 is 2.93 bits per heavy atom. The Morgan fingerprint density at radius 1 is 1.67 bits per heavy atom. The molecule has 8 nitrogen and oxygen atoms in total. The maximum Gasteiger partial charge on any atom is 0.523 e. The molecule has 2 bridgehead atoms. The molecule has 0 aromatic carbocycles. The van der Waals surface area contributed by atoms with Crippen molar-refractivity contribution >= 4 is 10.4 Å². The zero-order chi connectivity index (χ0) is 11.3. The first kappa shape index (κ1) is 10.2. The standard InChI is InChI=1S/C6H10N4O4S/c1-6(8,3-7)4-2-10-9-5(4)13-15(11,12)14-10/h2H,3,7-8H2,1H3. The van der Waals surface area contributed by atoms with Gasteiger partial charge < -0.3 is 15.7 Å². The third-order valence-electron chi connectivity index (χ3n) is 2.05. The summed E-state index contributed by atoms with van der Waals surface area (Å²) in [7, 11) is -4.07. The van der Waals surface area contributed by atoms with Gasteiger partial charge in [0.1, 0.15) is 0 Å². The zero-order valence-electron chi connectivity index (χ0n) is 7.87. The molecule has 9 heteroatoms. The van der Waals surface area contributed by atoms with E-state index in [1.165, 1.54) is 6.20 Å². The number of hydrogen-bond donors (Lipinski definition) is 2. The fraction of sp³-hybridized carbons (Fsp3) is 0.500. The zero-order valence-corrected chi connectivity index (χ0v) is 8.69. The number of rotatable bonds is 2. The highest BCUT2D eigenvalue weighted by Gasteiger charge is 2.35. The second-order valence-corrected chi connectivity index (χ2v) is 4.57. The third kappa shape index (κ3) is 1.64. The van der Waals surface area contributed by atoms with Crippen LogP contribution in [0, 0.1) is 0 Å². The molecule has 1 aromatic heterocycles. The summed E-state index contributed by atoms with van der Waals surface area (Å²) in [6.07, 6.45) is 1.33. The van der Waals surface area contributed by atoms with E-state index in [2.05, 4.69) is 13.6 Å². The van der Waals surface area contributed by atoms with E-state index < -0.39 is 15.9 Å². The van der Waals surface area contributed by atoms with Crippen LogP contribution in [0.4, 0.5) is 0 Å². The van der Waals surface area contributed by atoms with Crippen molar-refractivity contribution in [1.82, 2.24) is 9.94 Å². The van der Waals surface area contributed by atoms with Gasteiger partial charge in [0.15, 0.2) is 0 Å². The SMILES string of the molecule is CC(N)(CN)c1cn2nc1OS(=O)(=O)O2. The minimum absolute atomic E-state index is 0.100. The van der Waals surface area contributed by atoms with Gasteiger partial charge in [-0.25, -0.2) is 4.28 Å². The molecule has 1 aromatic rings. The van der Waals surface area contributed by atoms with Gasteiger partial charge in [-0.1, -0.05) is 9.94 Å². The summed E-state index contributed by atoms with van der Waals surface area (Å²) >= 11 is 0. The van der Waals surface area contributed by atoms with Gasteiger partial charge in [-0.2, -0.15) is 0 Å². The minimum Gasteiger partial charge on any atom is -0.329 e. The average molecular weight is 234 g/mol. The van der Waals surface area contributed by atoms with Crippen LogP contribution in [0.1, 0.15) is 12.5 Å². The quantitative estimate of drug-likeness (QED) is 0.611. The van der Waals surface area contributed by atoms with Crippen LogP contribution >= 0.6 is 0 Å². The lowest BCUT2D eigenvalue weighted by molar-refractivity contribution is 0.186. The summed E-state index contributed by atoms with van der Waals surface area (Å²) in [6.45, 7) is 1.76. The molecule has 0 amide bonds. The molecule has 2 heterocycles. The van der Waals surface area contributed by atoms with E-state index >= 15 is 0 Å².